The molecule has 36 heavy (non-hydrogen) atoms. The van der Waals surface area contributed by atoms with Crippen LogP contribution in [0.3, 0.4) is 0 Å². The Morgan fingerprint density at radius 2 is 1.69 bits per heavy atom. The summed E-state index contributed by atoms with van der Waals surface area (Å²) in [6, 6.07) is 17.5. The molecule has 0 saturated carbocycles. The molecule has 1 aromatic heterocycles. The number of methoxy groups -OCH3 is 1. The molecule has 8 nitrogen and oxygen atoms in total. The molecule has 1 N–H and O–H groups in total. The number of carbonyl (C=O) groups is 2. The maximum Gasteiger partial charge on any atom is 0.294 e. The molecule has 4 aromatic rings. The minimum absolute atomic E-state index is 0.102. The zero-order valence-electron chi connectivity index (χ0n) is 19.3. The number of nitrogens with zero attached hydrogens (tertiary/aromatic N) is 3. The van der Waals surface area contributed by atoms with Crippen LogP contribution in [0.25, 0.3) is 11.4 Å². The third-order valence-corrected chi connectivity index (χ3v) is 5.92. The molecule has 0 radical (unpaired) electrons. The van der Waals surface area contributed by atoms with E-state index in [1.54, 1.807) is 55.5 Å². The number of aliphatic hydroxyl groups excluding tert-OH is 1. The molecule has 0 fully saturated rings. The standard InChI is InChI=1S/C27H20FN3O5/c1-15-29-26(30-36-15)18-5-11-20(12-6-18)31-23(16-3-9-19(28)10-4-16)22(25(33)27(31)34)24(32)17-7-13-21(35-2)14-8-17/h3-14,23,33H,1-2H3. The maximum absolute atomic E-state index is 13.7. The Kier molecular flexibility index (Phi) is 5.81. The predicted molar refractivity (Wildman–Crippen MR) is 128 cm³/mol. The average Bonchev–Trinajstić information content (AvgIpc) is 3.45. The van der Waals surface area contributed by atoms with E-state index in [-0.39, 0.29) is 11.1 Å². The molecule has 180 valence electrons. The molecule has 5 rings (SSSR count). The third-order valence-electron chi connectivity index (χ3n) is 5.92. The van der Waals surface area contributed by atoms with Crippen LogP contribution in [0.4, 0.5) is 10.1 Å². The van der Waals surface area contributed by atoms with Crippen molar-refractivity contribution < 1.29 is 28.3 Å². The summed E-state index contributed by atoms with van der Waals surface area (Å²) in [5, 5.41) is 14.8. The molecule has 3 aromatic carbocycles. The van der Waals surface area contributed by atoms with Gasteiger partial charge in [0.2, 0.25) is 11.7 Å². The van der Waals surface area contributed by atoms with Gasteiger partial charge in [-0.1, -0.05) is 17.3 Å². The molecule has 0 saturated heterocycles. The second-order valence-electron chi connectivity index (χ2n) is 8.13. The lowest BCUT2D eigenvalue weighted by molar-refractivity contribution is -0.117. The number of aromatic nitrogens is 2. The summed E-state index contributed by atoms with van der Waals surface area (Å²) in [6.45, 7) is 1.68. The molecule has 9 heteroatoms. The molecule has 2 heterocycles. The van der Waals surface area contributed by atoms with E-state index in [9.17, 15) is 19.1 Å². The summed E-state index contributed by atoms with van der Waals surface area (Å²) in [5.41, 5.74) is 1.70. The van der Waals surface area contributed by atoms with Crippen molar-refractivity contribution in [2.45, 2.75) is 13.0 Å². The Bertz CT molecular complexity index is 1480. The fraction of sp³-hybridized carbons (Fsp3) is 0.111. The van der Waals surface area contributed by atoms with Crippen LogP contribution in [0.2, 0.25) is 0 Å². The van der Waals surface area contributed by atoms with Gasteiger partial charge in [-0.15, -0.1) is 0 Å². The molecule has 0 bridgehead atoms. The SMILES string of the molecule is COc1ccc(C(=O)C2=C(O)C(=O)N(c3ccc(-c4noc(C)n4)cc3)C2c2ccc(F)cc2)cc1. The van der Waals surface area contributed by atoms with Crippen LogP contribution in [0.1, 0.15) is 27.9 Å². The van der Waals surface area contributed by atoms with E-state index in [0.717, 1.165) is 0 Å². The van der Waals surface area contributed by atoms with E-state index in [4.69, 9.17) is 9.26 Å². The number of ether oxygens (including phenoxy) is 1. The molecule has 1 amide bonds. The quantitative estimate of drug-likeness (QED) is 0.384. The Morgan fingerprint density at radius 1 is 1.03 bits per heavy atom. The Morgan fingerprint density at radius 3 is 2.28 bits per heavy atom. The van der Waals surface area contributed by atoms with Gasteiger partial charge in [-0.05, 0) is 66.2 Å². The van der Waals surface area contributed by atoms with E-state index < -0.39 is 29.3 Å². The fourth-order valence-corrected chi connectivity index (χ4v) is 4.15. The number of Topliss-reactive ketones (excluding diaryl/α,β-unsaturated/α-hetero) is 1. The highest BCUT2D eigenvalue weighted by Gasteiger charge is 2.44. The Balaban J connectivity index is 1.58. The van der Waals surface area contributed by atoms with E-state index in [1.807, 2.05) is 0 Å². The highest BCUT2D eigenvalue weighted by molar-refractivity contribution is 6.21. The van der Waals surface area contributed by atoms with Crippen LogP contribution in [-0.2, 0) is 4.79 Å². The summed E-state index contributed by atoms with van der Waals surface area (Å²) in [4.78, 5) is 32.3. The van der Waals surface area contributed by atoms with Gasteiger partial charge in [-0.25, -0.2) is 4.39 Å². The van der Waals surface area contributed by atoms with Crippen LogP contribution in [0, 0.1) is 12.7 Å². The molecular weight excluding hydrogens is 465 g/mol. The average molecular weight is 485 g/mol. The first-order valence-corrected chi connectivity index (χ1v) is 11.0. The van der Waals surface area contributed by atoms with Gasteiger partial charge in [0.1, 0.15) is 11.6 Å². The number of ketones is 1. The lowest BCUT2D eigenvalue weighted by atomic mass is 9.92. The van der Waals surface area contributed by atoms with Gasteiger partial charge in [0.05, 0.1) is 18.7 Å². The van der Waals surface area contributed by atoms with Crippen molar-refractivity contribution >= 4 is 17.4 Å². The van der Waals surface area contributed by atoms with Crippen molar-refractivity contribution in [3.8, 4) is 17.1 Å². The summed E-state index contributed by atoms with van der Waals surface area (Å²) in [6.07, 6.45) is 0. The highest BCUT2D eigenvalue weighted by Crippen LogP contribution is 2.42. The smallest absolute Gasteiger partial charge is 0.294 e. The number of carbonyl (C=O) groups excluding carboxylic acids is 2. The molecule has 1 unspecified atom stereocenters. The van der Waals surface area contributed by atoms with Crippen LogP contribution in [0.15, 0.2) is 88.7 Å². The fourth-order valence-electron chi connectivity index (χ4n) is 4.15. The first-order valence-electron chi connectivity index (χ1n) is 11.0. The lowest BCUT2D eigenvalue weighted by Gasteiger charge is -2.27. The van der Waals surface area contributed by atoms with Gasteiger partial charge >= 0.3 is 0 Å². The van der Waals surface area contributed by atoms with E-state index >= 15 is 0 Å². The van der Waals surface area contributed by atoms with Gasteiger partial charge in [0.15, 0.2) is 11.5 Å². The zero-order chi connectivity index (χ0) is 25.4. The Hall–Kier alpha value is -4.79. The highest BCUT2D eigenvalue weighted by atomic mass is 19.1. The second-order valence-corrected chi connectivity index (χ2v) is 8.13. The minimum Gasteiger partial charge on any atom is -0.503 e. The topological polar surface area (TPSA) is 106 Å². The van der Waals surface area contributed by atoms with Crippen molar-refractivity contribution in [1.82, 2.24) is 10.1 Å². The number of rotatable bonds is 6. The largest absolute Gasteiger partial charge is 0.503 e. The molecule has 0 spiro atoms. The number of aryl methyl sites for hydroxylation is 1. The van der Waals surface area contributed by atoms with E-state index in [2.05, 4.69) is 10.1 Å². The summed E-state index contributed by atoms with van der Waals surface area (Å²) in [5.74, 6) is -1.05. The first-order chi connectivity index (χ1) is 17.4. The monoisotopic (exact) mass is 485 g/mol. The number of hydrogen-bond acceptors (Lipinski definition) is 7. The molecule has 0 aliphatic carbocycles. The van der Waals surface area contributed by atoms with Crippen LogP contribution >= 0.6 is 0 Å². The molecule has 1 atom stereocenters. The normalized spacial score (nSPS) is 15.5. The number of amides is 1. The van der Waals surface area contributed by atoms with Crippen molar-refractivity contribution in [1.29, 1.82) is 0 Å². The molecular formula is C27H20FN3O5. The van der Waals surface area contributed by atoms with Crippen molar-refractivity contribution in [2.75, 3.05) is 12.0 Å². The Labute approximate surface area is 205 Å². The van der Waals surface area contributed by atoms with Gasteiger partial charge in [-0.3, -0.25) is 14.5 Å². The van der Waals surface area contributed by atoms with E-state index in [1.165, 1.54) is 36.3 Å². The van der Waals surface area contributed by atoms with Gasteiger partial charge in [-0.2, -0.15) is 4.98 Å². The third kappa shape index (κ3) is 4.00. The van der Waals surface area contributed by atoms with Crippen molar-refractivity contribution in [2.24, 2.45) is 0 Å². The van der Waals surface area contributed by atoms with Crippen molar-refractivity contribution in [3.63, 3.8) is 0 Å². The summed E-state index contributed by atoms with van der Waals surface area (Å²) >= 11 is 0. The summed E-state index contributed by atoms with van der Waals surface area (Å²) in [7, 11) is 1.51. The number of halogens is 1. The maximum atomic E-state index is 13.7. The predicted octanol–water partition coefficient (Wildman–Crippen LogP) is 4.98. The van der Waals surface area contributed by atoms with Gasteiger partial charge in [0.25, 0.3) is 5.91 Å². The van der Waals surface area contributed by atoms with Crippen LogP contribution in [-0.4, -0.2) is 34.0 Å². The zero-order valence-corrected chi connectivity index (χ0v) is 19.3. The number of anilines is 1. The van der Waals surface area contributed by atoms with Crippen LogP contribution in [0.5, 0.6) is 5.75 Å². The number of benzene rings is 3. The minimum atomic E-state index is -0.981. The van der Waals surface area contributed by atoms with Gasteiger partial charge < -0.3 is 14.4 Å². The van der Waals surface area contributed by atoms with Crippen LogP contribution < -0.4 is 9.64 Å². The van der Waals surface area contributed by atoms with Gasteiger partial charge in [0, 0.05) is 23.7 Å². The number of aliphatic hydroxyl groups is 1. The second kappa shape index (κ2) is 9.10. The summed E-state index contributed by atoms with van der Waals surface area (Å²) < 4.78 is 23.9. The number of hydrogen-bond donors (Lipinski definition) is 1. The van der Waals surface area contributed by atoms with Crippen molar-refractivity contribution in [3.05, 3.63) is 107 Å². The molecule has 1 aliphatic heterocycles. The molecule has 1 aliphatic rings. The van der Waals surface area contributed by atoms with E-state index in [0.29, 0.717) is 34.3 Å². The lowest BCUT2D eigenvalue weighted by Crippen LogP contribution is -2.31. The first kappa shape index (κ1) is 23.0.